The molecule has 1 atom stereocenters. The summed E-state index contributed by atoms with van der Waals surface area (Å²) in [7, 11) is 0. The van der Waals surface area contributed by atoms with E-state index in [0.29, 0.717) is 19.3 Å². The van der Waals surface area contributed by atoms with Crippen LogP contribution in [0.3, 0.4) is 0 Å². The Morgan fingerprint density at radius 2 is 1.81 bits per heavy atom. The topological polar surface area (TPSA) is 134 Å². The fourth-order valence-electron chi connectivity index (χ4n) is 2.19. The van der Waals surface area contributed by atoms with Crippen molar-refractivity contribution in [1.82, 2.24) is 10.6 Å². The van der Waals surface area contributed by atoms with Gasteiger partial charge in [0, 0.05) is 6.54 Å². The first-order chi connectivity index (χ1) is 9.87. The van der Waals surface area contributed by atoms with Gasteiger partial charge in [0.05, 0.1) is 0 Å². The fraction of sp³-hybridized carbons (Fsp3) is 0.692. The smallest absolute Gasteiger partial charge is 0.320 e. The summed E-state index contributed by atoms with van der Waals surface area (Å²) >= 11 is 0. The first kappa shape index (κ1) is 17.1. The molecule has 2 amide bonds. The van der Waals surface area contributed by atoms with Crippen LogP contribution < -0.4 is 16.4 Å². The predicted molar refractivity (Wildman–Crippen MR) is 76.4 cm³/mol. The van der Waals surface area contributed by atoms with Gasteiger partial charge in [-0.1, -0.05) is 13.8 Å². The van der Waals surface area contributed by atoms with E-state index in [9.17, 15) is 14.4 Å². The van der Waals surface area contributed by atoms with Gasteiger partial charge in [0.1, 0.15) is 11.5 Å². The quantitative estimate of drug-likeness (QED) is 0.374. The van der Waals surface area contributed by atoms with Crippen LogP contribution in [-0.4, -0.2) is 41.4 Å². The third kappa shape index (κ3) is 3.78. The minimum absolute atomic E-state index is 0.117. The Morgan fingerprint density at radius 1 is 1.29 bits per heavy atom. The number of amides is 2. The minimum atomic E-state index is -1.06. The van der Waals surface area contributed by atoms with Gasteiger partial charge in [-0.3, -0.25) is 30.0 Å². The number of carbonyl (C=O) groups excluding carboxylic acids is 2. The molecule has 0 aromatic heterocycles. The van der Waals surface area contributed by atoms with E-state index in [4.69, 9.17) is 10.8 Å². The number of nitrogens with two attached hydrogens (primary N) is 1. The van der Waals surface area contributed by atoms with Gasteiger partial charge in [-0.15, -0.1) is 0 Å². The maximum Gasteiger partial charge on any atom is 0.320 e. The van der Waals surface area contributed by atoms with E-state index in [0.717, 1.165) is 0 Å². The lowest BCUT2D eigenvalue weighted by Crippen LogP contribution is -2.62. The third-order valence-electron chi connectivity index (χ3n) is 3.80. The molecule has 8 heteroatoms. The standard InChI is InChI=1S/C13H22N4O4/c1-3-13(4-2)10(20)16-12(17-11(13)21)15-7-5-6-8(14)9(18)19/h8H,3-7,14H2,1-2H3,(H,18,19)(H2,15,16,17,20,21)/t8-/m1/s1. The van der Waals surface area contributed by atoms with E-state index in [1.165, 1.54) is 0 Å². The summed E-state index contributed by atoms with van der Waals surface area (Å²) in [6, 6.07) is -0.923. The van der Waals surface area contributed by atoms with Gasteiger partial charge in [0.2, 0.25) is 17.8 Å². The highest BCUT2D eigenvalue weighted by molar-refractivity contribution is 6.20. The average Bonchev–Trinajstić information content (AvgIpc) is 2.44. The molecule has 1 aliphatic rings. The molecular weight excluding hydrogens is 276 g/mol. The molecule has 0 aromatic rings. The lowest BCUT2D eigenvalue weighted by molar-refractivity contribution is -0.144. The zero-order valence-corrected chi connectivity index (χ0v) is 12.3. The van der Waals surface area contributed by atoms with Crippen LogP contribution in [0.25, 0.3) is 0 Å². The number of hydrogen-bond acceptors (Lipinski definition) is 5. The Hall–Kier alpha value is -1.96. The molecule has 0 saturated carbocycles. The number of rotatable bonds is 7. The van der Waals surface area contributed by atoms with Crippen LogP contribution >= 0.6 is 0 Å². The monoisotopic (exact) mass is 298 g/mol. The van der Waals surface area contributed by atoms with Crippen molar-refractivity contribution < 1.29 is 19.5 Å². The molecule has 0 bridgehead atoms. The molecule has 0 aromatic carbocycles. The predicted octanol–water partition coefficient (Wildman–Crippen LogP) is -0.413. The van der Waals surface area contributed by atoms with Gasteiger partial charge in [-0.05, 0) is 25.7 Å². The van der Waals surface area contributed by atoms with E-state index in [2.05, 4.69) is 15.6 Å². The SMILES string of the molecule is CCC1(CC)C(=O)NC(=NCCC[C@@H](N)C(=O)O)NC1=O. The number of nitrogens with one attached hydrogen (secondary N) is 2. The van der Waals surface area contributed by atoms with Gasteiger partial charge < -0.3 is 10.8 Å². The van der Waals surface area contributed by atoms with E-state index < -0.39 is 17.4 Å². The molecule has 1 rings (SSSR count). The third-order valence-corrected chi connectivity index (χ3v) is 3.80. The van der Waals surface area contributed by atoms with Crippen LogP contribution in [-0.2, 0) is 14.4 Å². The van der Waals surface area contributed by atoms with Crippen LogP contribution in [0.1, 0.15) is 39.5 Å². The molecule has 1 heterocycles. The van der Waals surface area contributed by atoms with Gasteiger partial charge in [0.15, 0.2) is 0 Å². The Morgan fingerprint density at radius 3 is 2.24 bits per heavy atom. The highest BCUT2D eigenvalue weighted by Crippen LogP contribution is 2.28. The molecule has 0 aliphatic carbocycles. The number of carboxylic acids is 1. The van der Waals surface area contributed by atoms with Gasteiger partial charge in [-0.25, -0.2) is 0 Å². The van der Waals surface area contributed by atoms with Crippen molar-refractivity contribution in [2.24, 2.45) is 16.1 Å². The number of nitrogens with zero attached hydrogens (tertiary/aromatic N) is 1. The van der Waals surface area contributed by atoms with Crippen molar-refractivity contribution in [3.63, 3.8) is 0 Å². The van der Waals surface area contributed by atoms with Crippen LogP contribution in [0, 0.1) is 5.41 Å². The first-order valence-corrected chi connectivity index (χ1v) is 7.03. The van der Waals surface area contributed by atoms with Gasteiger partial charge in [-0.2, -0.15) is 0 Å². The largest absolute Gasteiger partial charge is 0.480 e. The van der Waals surface area contributed by atoms with Crippen LogP contribution in [0.4, 0.5) is 0 Å². The van der Waals surface area contributed by atoms with Crippen molar-refractivity contribution in [3.8, 4) is 0 Å². The molecule has 1 aliphatic heterocycles. The fourth-order valence-corrected chi connectivity index (χ4v) is 2.19. The van der Waals surface area contributed by atoms with Crippen LogP contribution in [0.15, 0.2) is 4.99 Å². The summed E-state index contributed by atoms with van der Waals surface area (Å²) in [6.45, 7) is 3.86. The first-order valence-electron chi connectivity index (χ1n) is 7.03. The zero-order valence-electron chi connectivity index (χ0n) is 12.3. The summed E-state index contributed by atoms with van der Waals surface area (Å²) in [5.41, 5.74) is 4.33. The van der Waals surface area contributed by atoms with Crippen molar-refractivity contribution >= 4 is 23.7 Å². The van der Waals surface area contributed by atoms with Crippen LogP contribution in [0.2, 0.25) is 0 Å². The number of hydrogen-bond donors (Lipinski definition) is 4. The minimum Gasteiger partial charge on any atom is -0.480 e. The second kappa shape index (κ2) is 7.16. The molecule has 118 valence electrons. The molecule has 1 fully saturated rings. The average molecular weight is 298 g/mol. The molecule has 21 heavy (non-hydrogen) atoms. The van der Waals surface area contributed by atoms with E-state index in [-0.39, 0.29) is 30.7 Å². The van der Waals surface area contributed by atoms with Gasteiger partial charge >= 0.3 is 5.97 Å². The zero-order chi connectivity index (χ0) is 16.0. The number of carboxylic acid groups (broad SMARTS) is 1. The summed E-state index contributed by atoms with van der Waals surface area (Å²) in [5, 5.41) is 13.8. The number of aliphatic carboxylic acids is 1. The Balaban J connectivity index is 2.57. The second-order valence-corrected chi connectivity index (χ2v) is 5.01. The van der Waals surface area contributed by atoms with Crippen molar-refractivity contribution in [2.75, 3.05) is 6.54 Å². The van der Waals surface area contributed by atoms with Crippen molar-refractivity contribution in [3.05, 3.63) is 0 Å². The highest BCUT2D eigenvalue weighted by atomic mass is 16.4. The molecule has 8 nitrogen and oxygen atoms in total. The Kier molecular flexibility index (Phi) is 5.83. The van der Waals surface area contributed by atoms with Crippen molar-refractivity contribution in [1.29, 1.82) is 0 Å². The molecule has 1 saturated heterocycles. The number of carbonyl (C=O) groups is 3. The van der Waals surface area contributed by atoms with E-state index >= 15 is 0 Å². The molecule has 0 spiro atoms. The maximum atomic E-state index is 12.1. The summed E-state index contributed by atoms with van der Waals surface area (Å²) in [5.74, 6) is -1.64. The summed E-state index contributed by atoms with van der Waals surface area (Å²) < 4.78 is 0. The molecule has 5 N–H and O–H groups in total. The lowest BCUT2D eigenvalue weighted by Gasteiger charge is -2.33. The van der Waals surface area contributed by atoms with Crippen LogP contribution in [0.5, 0.6) is 0 Å². The maximum absolute atomic E-state index is 12.1. The number of guanidine groups is 1. The Bertz CT molecular complexity index is 435. The van der Waals surface area contributed by atoms with E-state index in [1.807, 2.05) is 0 Å². The lowest BCUT2D eigenvalue weighted by atomic mass is 9.79. The molecule has 0 radical (unpaired) electrons. The van der Waals surface area contributed by atoms with Crippen molar-refractivity contribution in [2.45, 2.75) is 45.6 Å². The highest BCUT2D eigenvalue weighted by Gasteiger charge is 2.46. The second-order valence-electron chi connectivity index (χ2n) is 5.01. The van der Waals surface area contributed by atoms with E-state index in [1.54, 1.807) is 13.8 Å². The Labute approximate surface area is 123 Å². The number of aliphatic imine (C=N–C) groups is 1. The molecule has 0 unspecified atom stereocenters. The van der Waals surface area contributed by atoms with Gasteiger partial charge in [0.25, 0.3) is 0 Å². The molecular formula is C13H22N4O4. The summed E-state index contributed by atoms with van der Waals surface area (Å²) in [6.07, 6.45) is 1.57. The summed E-state index contributed by atoms with van der Waals surface area (Å²) in [4.78, 5) is 38.8. The normalized spacial score (nSPS) is 18.7.